The van der Waals surface area contributed by atoms with Crippen molar-refractivity contribution in [1.29, 1.82) is 0 Å². The number of benzene rings is 4. The van der Waals surface area contributed by atoms with E-state index in [4.69, 9.17) is 10.8 Å². The van der Waals surface area contributed by atoms with E-state index in [1.165, 1.54) is 36.4 Å². The summed E-state index contributed by atoms with van der Waals surface area (Å²) in [7, 11) is -10.1. The van der Waals surface area contributed by atoms with Crippen LogP contribution >= 0.6 is 0 Å². The average Bonchev–Trinajstić information content (AvgIpc) is 2.87. The van der Waals surface area contributed by atoms with Gasteiger partial charge < -0.3 is 21.1 Å². The molecule has 0 spiro atoms. The Labute approximate surface area is 248 Å². The molecule has 1 radical (unpaired) electrons. The number of carboxylic acid groups (broad SMARTS) is 1. The van der Waals surface area contributed by atoms with Crippen molar-refractivity contribution in [2.45, 2.75) is 16.7 Å². The molecule has 0 saturated heterocycles. The minimum Gasteiger partial charge on any atom is -0.506 e. The Morgan fingerprint density at radius 2 is 1.33 bits per heavy atom. The van der Waals surface area contributed by atoms with Crippen LogP contribution in [-0.4, -0.2) is 47.2 Å². The van der Waals surface area contributed by atoms with Crippen LogP contribution in [0.2, 0.25) is 0 Å². The van der Waals surface area contributed by atoms with Gasteiger partial charge in [0.15, 0.2) is 5.75 Å². The first kappa shape index (κ1) is 32.1. The van der Waals surface area contributed by atoms with Gasteiger partial charge in [0.05, 0.1) is 28.0 Å². The van der Waals surface area contributed by atoms with Gasteiger partial charge in [-0.25, -0.2) is 4.79 Å². The number of carboxylic acids is 1. The molecule has 42 heavy (non-hydrogen) atoms. The van der Waals surface area contributed by atoms with E-state index in [0.29, 0.717) is 17.3 Å². The number of hydrogen-bond acceptors (Lipinski definition) is 12. The molecule has 4 aromatic rings. The van der Waals surface area contributed by atoms with E-state index in [0.717, 1.165) is 12.1 Å². The van der Waals surface area contributed by atoms with E-state index < -0.39 is 58.6 Å². The number of azo groups is 2. The van der Waals surface area contributed by atoms with Gasteiger partial charge in [0, 0.05) is 28.5 Å². The zero-order valence-corrected chi connectivity index (χ0v) is 23.5. The number of nitrogen functional groups attached to an aromatic ring is 1. The molecule has 0 aromatic heterocycles. The first-order chi connectivity index (χ1) is 19.1. The Balaban J connectivity index is 0.00000484. The molecular formula is C24H19CuN5O10S2. The molecule has 4 aromatic carbocycles. The van der Waals surface area contributed by atoms with Crippen LogP contribution in [0.4, 0.5) is 28.4 Å². The third-order valence-electron chi connectivity index (χ3n) is 5.72. The Morgan fingerprint density at radius 3 is 1.90 bits per heavy atom. The summed E-state index contributed by atoms with van der Waals surface area (Å²) in [6.07, 6.45) is 0. The second-order valence-electron chi connectivity index (χ2n) is 8.47. The van der Waals surface area contributed by atoms with Gasteiger partial charge in [0.2, 0.25) is 0 Å². The predicted molar refractivity (Wildman–Crippen MR) is 144 cm³/mol. The minimum atomic E-state index is -5.07. The number of hydrogen-bond donors (Lipinski definition) is 6. The number of anilines is 1. The van der Waals surface area contributed by atoms with E-state index in [2.05, 4.69) is 20.5 Å². The largest absolute Gasteiger partial charge is 0.506 e. The van der Waals surface area contributed by atoms with Crippen LogP contribution in [0.1, 0.15) is 15.9 Å². The van der Waals surface area contributed by atoms with Crippen molar-refractivity contribution < 1.29 is 63.1 Å². The number of fused-ring (bicyclic) bond motifs is 1. The first-order valence-corrected chi connectivity index (χ1v) is 14.0. The number of aromatic carboxylic acids is 1. The maximum absolute atomic E-state index is 11.9. The van der Waals surface area contributed by atoms with Crippen molar-refractivity contribution in [2.75, 3.05) is 5.73 Å². The molecule has 0 unspecified atom stereocenters. The second-order valence-corrected chi connectivity index (χ2v) is 11.3. The summed E-state index contributed by atoms with van der Waals surface area (Å²) in [6, 6.07) is 10.9. The Bertz CT molecular complexity index is 2010. The summed E-state index contributed by atoms with van der Waals surface area (Å²) in [5.41, 5.74) is 5.87. The standard InChI is InChI=1S/C24H19N5O10S2.Cu/c1-11-8-17(18(30)9-16(11)28-26-13-4-2-12(3-5-13)24(32)33)29-27-15-7-6-14-19(40(34,35)36)10-20(41(37,38)39)22(25)21(14)23(15)31;/h2-10,30-31H,25H2,1H3,(H,32,33)(H,34,35,36)(H,37,38,39);. The molecule has 0 aliphatic heterocycles. The topological polar surface area (TPSA) is 262 Å². The molecule has 0 atom stereocenters. The monoisotopic (exact) mass is 664 g/mol. The fraction of sp³-hybridized carbons (Fsp3) is 0.0417. The van der Waals surface area contributed by atoms with Gasteiger partial charge in [-0.1, -0.05) is 6.07 Å². The van der Waals surface area contributed by atoms with Crippen molar-refractivity contribution in [2.24, 2.45) is 20.5 Å². The number of phenols is 2. The number of nitrogens with zero attached hydrogens (tertiary/aromatic N) is 4. The summed E-state index contributed by atoms with van der Waals surface area (Å²) in [5.74, 6) is -2.31. The molecule has 0 saturated carbocycles. The van der Waals surface area contributed by atoms with E-state index in [9.17, 15) is 40.9 Å². The fourth-order valence-corrected chi connectivity index (χ4v) is 5.15. The molecule has 15 nitrogen and oxygen atoms in total. The van der Waals surface area contributed by atoms with Gasteiger partial charge >= 0.3 is 5.97 Å². The molecule has 7 N–H and O–H groups in total. The van der Waals surface area contributed by atoms with Gasteiger partial charge in [-0.15, -0.1) is 10.2 Å². The predicted octanol–water partition coefficient (Wildman–Crippen LogP) is 5.16. The molecule has 4 rings (SSSR count). The molecule has 0 amide bonds. The SMILES string of the molecule is Cc1cc(N=Nc2ccc3c(S(=O)(=O)O)cc(S(=O)(=O)O)c(N)c3c2O)c(O)cc1N=Nc1ccc(C(=O)O)cc1.[Cu]. The quantitative estimate of drug-likeness (QED) is 0.0650. The zero-order valence-electron chi connectivity index (χ0n) is 21.0. The van der Waals surface area contributed by atoms with Crippen molar-refractivity contribution in [1.82, 2.24) is 0 Å². The summed E-state index contributed by atoms with van der Waals surface area (Å²) < 4.78 is 66.3. The molecule has 0 heterocycles. The van der Waals surface area contributed by atoms with Crippen LogP contribution in [0.5, 0.6) is 11.5 Å². The smallest absolute Gasteiger partial charge is 0.335 e. The zero-order chi connectivity index (χ0) is 30.3. The molecule has 0 aliphatic rings. The summed E-state index contributed by atoms with van der Waals surface area (Å²) in [5, 5.41) is 45.0. The van der Waals surface area contributed by atoms with Crippen LogP contribution < -0.4 is 5.73 Å². The van der Waals surface area contributed by atoms with Crippen LogP contribution in [0, 0.1) is 6.92 Å². The van der Waals surface area contributed by atoms with Gasteiger partial charge in [-0.05, 0) is 55.0 Å². The number of nitrogens with two attached hydrogens (primary N) is 1. The number of aromatic hydroxyl groups is 2. The van der Waals surface area contributed by atoms with E-state index in [1.807, 2.05) is 0 Å². The van der Waals surface area contributed by atoms with Crippen molar-refractivity contribution in [3.63, 3.8) is 0 Å². The molecule has 18 heteroatoms. The Kier molecular flexibility index (Phi) is 9.01. The number of rotatable bonds is 7. The van der Waals surface area contributed by atoms with E-state index in [1.54, 1.807) is 6.92 Å². The summed E-state index contributed by atoms with van der Waals surface area (Å²) in [6.45, 7) is 1.63. The molecular weight excluding hydrogens is 646 g/mol. The van der Waals surface area contributed by atoms with Crippen LogP contribution in [-0.2, 0) is 37.3 Å². The molecule has 0 fully saturated rings. The Hall–Kier alpha value is -4.45. The molecule has 0 aliphatic carbocycles. The van der Waals surface area contributed by atoms with Gasteiger partial charge in [-0.3, -0.25) is 9.11 Å². The van der Waals surface area contributed by atoms with Gasteiger partial charge in [0.1, 0.15) is 26.9 Å². The van der Waals surface area contributed by atoms with Gasteiger partial charge in [0.25, 0.3) is 20.2 Å². The average molecular weight is 665 g/mol. The number of phenolic OH excluding ortho intramolecular Hbond substituents is 2. The van der Waals surface area contributed by atoms with Crippen LogP contribution in [0.15, 0.2) is 84.8 Å². The number of aryl methyl sites for hydroxylation is 1. The number of carbonyl (C=O) groups is 1. The summed E-state index contributed by atoms with van der Waals surface area (Å²) >= 11 is 0. The normalized spacial score (nSPS) is 12.2. The second kappa shape index (κ2) is 11.8. The maximum Gasteiger partial charge on any atom is 0.335 e. The molecule has 223 valence electrons. The first-order valence-electron chi connectivity index (χ1n) is 11.1. The van der Waals surface area contributed by atoms with E-state index >= 15 is 0 Å². The van der Waals surface area contributed by atoms with Gasteiger partial charge in [-0.2, -0.15) is 27.1 Å². The third kappa shape index (κ3) is 6.54. The van der Waals surface area contributed by atoms with Crippen molar-refractivity contribution in [3.05, 3.63) is 65.7 Å². The summed E-state index contributed by atoms with van der Waals surface area (Å²) in [4.78, 5) is 8.95. The minimum absolute atomic E-state index is 0. The van der Waals surface area contributed by atoms with Crippen LogP contribution in [0.25, 0.3) is 10.8 Å². The van der Waals surface area contributed by atoms with Crippen molar-refractivity contribution >= 4 is 65.4 Å². The van der Waals surface area contributed by atoms with E-state index in [-0.39, 0.29) is 45.1 Å². The third-order valence-corrected chi connectivity index (χ3v) is 7.51. The van der Waals surface area contributed by atoms with Crippen molar-refractivity contribution in [3.8, 4) is 11.5 Å². The molecule has 0 bridgehead atoms. The fourth-order valence-electron chi connectivity index (χ4n) is 3.71. The van der Waals surface area contributed by atoms with Crippen LogP contribution in [0.3, 0.4) is 0 Å². The Morgan fingerprint density at radius 1 is 0.762 bits per heavy atom. The maximum atomic E-state index is 11.9.